The van der Waals surface area contributed by atoms with Gasteiger partial charge in [0.05, 0.1) is 6.54 Å². The predicted molar refractivity (Wildman–Crippen MR) is 61.5 cm³/mol. The van der Waals surface area contributed by atoms with Gasteiger partial charge in [0.25, 0.3) is 0 Å². The zero-order valence-electron chi connectivity index (χ0n) is 8.98. The molecular formula is C11H15N3O2. The lowest BCUT2D eigenvalue weighted by Gasteiger charge is -2.06. The highest BCUT2D eigenvalue weighted by Crippen LogP contribution is 2.13. The van der Waals surface area contributed by atoms with Gasteiger partial charge in [-0.2, -0.15) is 0 Å². The van der Waals surface area contributed by atoms with Crippen molar-refractivity contribution in [3.8, 4) is 5.75 Å². The molecule has 0 aromatic heterocycles. The lowest BCUT2D eigenvalue weighted by atomic mass is 10.2. The van der Waals surface area contributed by atoms with Gasteiger partial charge in [-0.3, -0.25) is 4.99 Å². The lowest BCUT2D eigenvalue weighted by Crippen LogP contribution is -2.19. The Morgan fingerprint density at radius 2 is 2.06 bits per heavy atom. The van der Waals surface area contributed by atoms with E-state index in [2.05, 4.69) is 15.1 Å². The Kier molecular flexibility index (Phi) is 3.74. The monoisotopic (exact) mass is 221 g/mol. The number of rotatable bonds is 5. The number of hydrogen-bond acceptors (Lipinski definition) is 5. The van der Waals surface area contributed by atoms with Crippen molar-refractivity contribution in [2.75, 3.05) is 26.3 Å². The molecule has 0 amide bonds. The van der Waals surface area contributed by atoms with Crippen LogP contribution in [0.15, 0.2) is 29.3 Å². The van der Waals surface area contributed by atoms with E-state index in [0.717, 1.165) is 30.2 Å². The molecule has 0 bridgehead atoms. The normalized spacial score (nSPS) is 14.4. The average Bonchev–Trinajstić information content (AvgIpc) is 2.84. The Morgan fingerprint density at radius 3 is 2.69 bits per heavy atom. The number of benzene rings is 1. The highest BCUT2D eigenvalue weighted by molar-refractivity contribution is 5.99. The third-order valence-electron chi connectivity index (χ3n) is 2.27. The maximum atomic E-state index is 5.40. The van der Waals surface area contributed by atoms with Gasteiger partial charge in [-0.1, -0.05) is 0 Å². The molecule has 0 spiro atoms. The Morgan fingerprint density at radius 1 is 1.25 bits per heavy atom. The molecule has 1 heterocycles. The van der Waals surface area contributed by atoms with Gasteiger partial charge in [-0.05, 0) is 24.3 Å². The van der Waals surface area contributed by atoms with Crippen LogP contribution < -0.4 is 16.0 Å². The van der Waals surface area contributed by atoms with Gasteiger partial charge in [-0.15, -0.1) is 0 Å². The first-order valence-electron chi connectivity index (χ1n) is 5.23. The molecule has 0 radical (unpaired) electrons. The molecule has 0 atom stereocenters. The summed E-state index contributed by atoms with van der Waals surface area (Å²) in [6, 6.07) is 7.79. The summed E-state index contributed by atoms with van der Waals surface area (Å²) < 4.78 is 5.40. The van der Waals surface area contributed by atoms with Gasteiger partial charge >= 0.3 is 0 Å². The van der Waals surface area contributed by atoms with Crippen molar-refractivity contribution in [1.82, 2.24) is 5.32 Å². The predicted octanol–water partition coefficient (Wildman–Crippen LogP) is 0.305. The highest BCUT2D eigenvalue weighted by atomic mass is 16.6. The molecular weight excluding hydrogens is 206 g/mol. The molecule has 3 N–H and O–H groups in total. The lowest BCUT2D eigenvalue weighted by molar-refractivity contribution is 0.102. The third kappa shape index (κ3) is 2.71. The highest BCUT2D eigenvalue weighted by Gasteiger charge is 2.07. The van der Waals surface area contributed by atoms with Crippen LogP contribution in [0.4, 0.5) is 0 Å². The van der Waals surface area contributed by atoms with Gasteiger partial charge in [0.15, 0.2) is 0 Å². The number of aliphatic imine (C=N–C) groups is 1. The fraction of sp³-hybridized carbons (Fsp3) is 0.364. The van der Waals surface area contributed by atoms with E-state index in [-0.39, 0.29) is 0 Å². The van der Waals surface area contributed by atoms with Crippen LogP contribution in [-0.4, -0.2) is 32.1 Å². The fourth-order valence-electron chi connectivity index (χ4n) is 1.51. The molecule has 0 unspecified atom stereocenters. The Labute approximate surface area is 94.2 Å². The fourth-order valence-corrected chi connectivity index (χ4v) is 1.51. The van der Waals surface area contributed by atoms with Crippen LogP contribution in [0, 0.1) is 0 Å². The molecule has 1 aliphatic heterocycles. The van der Waals surface area contributed by atoms with Crippen LogP contribution in [0.5, 0.6) is 5.75 Å². The van der Waals surface area contributed by atoms with E-state index in [0.29, 0.717) is 13.2 Å². The summed E-state index contributed by atoms with van der Waals surface area (Å²) in [4.78, 5) is 8.75. The van der Waals surface area contributed by atoms with E-state index < -0.39 is 0 Å². The van der Waals surface area contributed by atoms with E-state index in [1.54, 1.807) is 0 Å². The van der Waals surface area contributed by atoms with Crippen molar-refractivity contribution in [2.24, 2.45) is 10.9 Å². The van der Waals surface area contributed by atoms with Crippen LogP contribution in [0.25, 0.3) is 0 Å². The minimum absolute atomic E-state index is 0.385. The third-order valence-corrected chi connectivity index (χ3v) is 2.27. The maximum absolute atomic E-state index is 5.40. The second-order valence-corrected chi connectivity index (χ2v) is 3.40. The van der Waals surface area contributed by atoms with Crippen LogP contribution in [0.2, 0.25) is 0 Å². The summed E-state index contributed by atoms with van der Waals surface area (Å²) in [5, 5.41) is 3.22. The van der Waals surface area contributed by atoms with Crippen LogP contribution in [0.1, 0.15) is 5.56 Å². The summed E-state index contributed by atoms with van der Waals surface area (Å²) in [7, 11) is 0. The van der Waals surface area contributed by atoms with Gasteiger partial charge in [0.1, 0.15) is 24.8 Å². The number of ether oxygens (including phenoxy) is 1. The maximum Gasteiger partial charge on any atom is 0.128 e. The molecule has 5 nitrogen and oxygen atoms in total. The van der Waals surface area contributed by atoms with Gasteiger partial charge in [0, 0.05) is 12.1 Å². The number of nitrogens with one attached hydrogen (secondary N) is 1. The van der Waals surface area contributed by atoms with Gasteiger partial charge in [-0.25, -0.2) is 5.90 Å². The Hall–Kier alpha value is -1.59. The van der Waals surface area contributed by atoms with Crippen LogP contribution >= 0.6 is 0 Å². The van der Waals surface area contributed by atoms with E-state index in [4.69, 9.17) is 10.6 Å². The first kappa shape index (κ1) is 10.9. The molecule has 86 valence electrons. The van der Waals surface area contributed by atoms with E-state index in [9.17, 15) is 0 Å². The van der Waals surface area contributed by atoms with E-state index in [1.165, 1.54) is 0 Å². The molecule has 0 saturated heterocycles. The molecule has 1 aromatic rings. The number of nitrogens with two attached hydrogens (primary N) is 1. The Bertz CT molecular complexity index is 362. The molecule has 2 rings (SSSR count). The molecule has 0 fully saturated rings. The van der Waals surface area contributed by atoms with Crippen LogP contribution in [-0.2, 0) is 4.84 Å². The quantitative estimate of drug-likeness (QED) is 0.554. The SMILES string of the molecule is NOCCOc1ccc(C2=NCCN2)cc1. The first-order valence-corrected chi connectivity index (χ1v) is 5.23. The summed E-state index contributed by atoms with van der Waals surface area (Å²) in [6.07, 6.45) is 0. The summed E-state index contributed by atoms with van der Waals surface area (Å²) in [6.45, 7) is 2.61. The second-order valence-electron chi connectivity index (χ2n) is 3.40. The number of nitrogens with zero attached hydrogens (tertiary/aromatic N) is 1. The molecule has 1 aliphatic rings. The molecule has 1 aromatic carbocycles. The van der Waals surface area contributed by atoms with Crippen molar-refractivity contribution >= 4 is 5.84 Å². The van der Waals surface area contributed by atoms with Crippen molar-refractivity contribution in [2.45, 2.75) is 0 Å². The Balaban J connectivity index is 1.93. The number of hydrogen-bond donors (Lipinski definition) is 2. The van der Waals surface area contributed by atoms with Crippen molar-refractivity contribution in [3.05, 3.63) is 29.8 Å². The van der Waals surface area contributed by atoms with Gasteiger partial charge in [0.2, 0.25) is 0 Å². The standard InChI is InChI=1S/C11H15N3O2/c12-16-8-7-15-10-3-1-9(2-4-10)11-13-5-6-14-11/h1-4H,5-8,12H2,(H,13,14). The van der Waals surface area contributed by atoms with E-state index >= 15 is 0 Å². The molecule has 0 saturated carbocycles. The zero-order valence-corrected chi connectivity index (χ0v) is 8.98. The summed E-state index contributed by atoms with van der Waals surface area (Å²) in [5.41, 5.74) is 1.08. The second kappa shape index (κ2) is 5.48. The number of amidine groups is 1. The smallest absolute Gasteiger partial charge is 0.128 e. The minimum Gasteiger partial charge on any atom is -0.491 e. The van der Waals surface area contributed by atoms with Gasteiger partial charge < -0.3 is 14.9 Å². The molecule has 0 aliphatic carbocycles. The summed E-state index contributed by atoms with van der Waals surface area (Å²) >= 11 is 0. The minimum atomic E-state index is 0.385. The van der Waals surface area contributed by atoms with Crippen molar-refractivity contribution in [1.29, 1.82) is 0 Å². The van der Waals surface area contributed by atoms with Crippen molar-refractivity contribution in [3.63, 3.8) is 0 Å². The zero-order chi connectivity index (χ0) is 11.2. The topological polar surface area (TPSA) is 68.9 Å². The largest absolute Gasteiger partial charge is 0.491 e. The molecule has 16 heavy (non-hydrogen) atoms. The average molecular weight is 221 g/mol. The van der Waals surface area contributed by atoms with Crippen molar-refractivity contribution < 1.29 is 9.57 Å². The van der Waals surface area contributed by atoms with Crippen LogP contribution in [0.3, 0.4) is 0 Å². The van der Waals surface area contributed by atoms with E-state index in [1.807, 2.05) is 24.3 Å². The summed E-state index contributed by atoms with van der Waals surface area (Å²) in [5.74, 6) is 6.66. The molecule has 5 heteroatoms. The first-order chi connectivity index (χ1) is 7.90.